The van der Waals surface area contributed by atoms with Gasteiger partial charge in [0.25, 0.3) is 10.0 Å². The summed E-state index contributed by atoms with van der Waals surface area (Å²) >= 11 is 13.2. The van der Waals surface area contributed by atoms with Crippen LogP contribution in [0.15, 0.2) is 40.6 Å². The van der Waals surface area contributed by atoms with E-state index in [2.05, 4.69) is 4.72 Å². The number of nitrogen functional groups attached to an aromatic ring is 1. The molecule has 6 N–H and O–H groups in total. The number of amides is 1. The Kier molecular flexibility index (Phi) is 9.02. The molecule has 0 radical (unpaired) electrons. The number of likely N-dealkylation sites (tertiary alicyclic amines) is 1. The third kappa shape index (κ3) is 7.30. The molecule has 2 aromatic carbocycles. The summed E-state index contributed by atoms with van der Waals surface area (Å²) in [5, 5.41) is 26.1. The Hall–Kier alpha value is -3.11. The zero-order valence-corrected chi connectivity index (χ0v) is 22.6. The van der Waals surface area contributed by atoms with Gasteiger partial charge in [0, 0.05) is 39.3 Å². The first-order chi connectivity index (χ1) is 18.0. The molecular formula is C22H19Cl2F3N4O6S2. The molecule has 1 aromatic heterocycles. The third-order valence-corrected chi connectivity index (χ3v) is 8.94. The molecule has 1 atom stereocenters. The Morgan fingerprint density at radius 1 is 1.23 bits per heavy atom. The van der Waals surface area contributed by atoms with Crippen LogP contribution in [0.5, 0.6) is 5.75 Å². The lowest BCUT2D eigenvalue weighted by molar-refractivity contribution is -0.192. The molecule has 0 spiro atoms. The number of thiophene rings is 1. The van der Waals surface area contributed by atoms with E-state index < -0.39 is 34.1 Å². The monoisotopic (exact) mass is 626 g/mol. The van der Waals surface area contributed by atoms with Crippen molar-refractivity contribution in [2.45, 2.75) is 29.4 Å². The number of aromatic hydroxyl groups is 1. The summed E-state index contributed by atoms with van der Waals surface area (Å²) in [4.78, 5) is 23.2. The number of phenols is 1. The maximum atomic E-state index is 12.9. The molecule has 210 valence electrons. The molecule has 1 saturated heterocycles. The van der Waals surface area contributed by atoms with Gasteiger partial charge in [-0.2, -0.15) is 17.9 Å². The van der Waals surface area contributed by atoms with Crippen molar-refractivity contribution in [2.75, 3.05) is 6.54 Å². The van der Waals surface area contributed by atoms with Crippen LogP contribution in [0, 0.1) is 5.41 Å². The standard InChI is InChI=1S/C20H18Cl2N4O4S2.C2HF3O2/c21-12-6-14(22)13-8-18(31-17(13)7-12)32(29,30)25-15-3-4-26(20(15)28)9-11-5-10(19(23)24)1-2-16(11)27;3-2(4,5)1(6)7/h1-2,5-8,15,25,27H,3-4,9H2,(H3,23,24);(H,6,7). The Labute approximate surface area is 233 Å². The molecule has 17 heteroatoms. The van der Waals surface area contributed by atoms with Crippen LogP contribution >= 0.6 is 34.5 Å². The van der Waals surface area contributed by atoms with E-state index in [1.54, 1.807) is 6.07 Å². The first-order valence-corrected chi connectivity index (χ1v) is 13.7. The average Bonchev–Trinajstić information content (AvgIpc) is 3.40. The maximum Gasteiger partial charge on any atom is 0.490 e. The maximum absolute atomic E-state index is 12.9. The number of hydrogen-bond acceptors (Lipinski definition) is 7. The van der Waals surface area contributed by atoms with Gasteiger partial charge in [0.2, 0.25) is 5.91 Å². The summed E-state index contributed by atoms with van der Waals surface area (Å²) in [6, 6.07) is 8.16. The SMILES string of the molecule is N=C(N)c1ccc(O)c(CN2CCC(NS(=O)(=O)c3cc4c(Cl)cc(Cl)cc4s3)C2=O)c1.O=C(O)C(F)(F)F. The highest BCUT2D eigenvalue weighted by Crippen LogP contribution is 2.36. The molecule has 39 heavy (non-hydrogen) atoms. The lowest BCUT2D eigenvalue weighted by Crippen LogP contribution is -2.41. The van der Waals surface area contributed by atoms with Gasteiger partial charge in [-0.3, -0.25) is 10.2 Å². The Balaban J connectivity index is 0.000000532. The summed E-state index contributed by atoms with van der Waals surface area (Å²) in [5.74, 6) is -3.35. The number of carbonyl (C=O) groups is 2. The zero-order chi connectivity index (χ0) is 29.3. The summed E-state index contributed by atoms with van der Waals surface area (Å²) in [7, 11) is -3.97. The number of carboxylic acids is 1. The summed E-state index contributed by atoms with van der Waals surface area (Å²) in [6.45, 7) is 0.380. The second kappa shape index (κ2) is 11.6. The van der Waals surface area contributed by atoms with Crippen molar-refractivity contribution in [3.8, 4) is 5.75 Å². The van der Waals surface area contributed by atoms with Gasteiger partial charge >= 0.3 is 12.1 Å². The van der Waals surface area contributed by atoms with E-state index in [4.69, 9.17) is 44.2 Å². The number of halogens is 5. The largest absolute Gasteiger partial charge is 0.508 e. The number of benzene rings is 2. The number of alkyl halides is 3. The van der Waals surface area contributed by atoms with Crippen molar-refractivity contribution in [2.24, 2.45) is 5.73 Å². The van der Waals surface area contributed by atoms with Crippen LogP contribution in [0.4, 0.5) is 13.2 Å². The minimum Gasteiger partial charge on any atom is -0.508 e. The van der Waals surface area contributed by atoms with Crippen LogP contribution in [0.25, 0.3) is 10.1 Å². The third-order valence-electron chi connectivity index (χ3n) is 5.38. The quantitative estimate of drug-likeness (QED) is 0.204. The molecule has 1 aliphatic heterocycles. The fourth-order valence-electron chi connectivity index (χ4n) is 3.51. The molecule has 1 aliphatic rings. The van der Waals surface area contributed by atoms with Gasteiger partial charge in [-0.1, -0.05) is 23.2 Å². The number of carbonyl (C=O) groups excluding carboxylic acids is 1. The van der Waals surface area contributed by atoms with E-state index in [1.165, 1.54) is 35.2 Å². The van der Waals surface area contributed by atoms with Crippen molar-refractivity contribution < 1.29 is 41.4 Å². The molecule has 0 aliphatic carbocycles. The number of nitrogens with zero attached hydrogens (tertiary/aromatic N) is 1. The zero-order valence-electron chi connectivity index (χ0n) is 19.4. The van der Waals surface area contributed by atoms with Gasteiger partial charge in [-0.15, -0.1) is 11.3 Å². The van der Waals surface area contributed by atoms with Gasteiger partial charge in [0.15, 0.2) is 0 Å². The predicted octanol–water partition coefficient (Wildman–Crippen LogP) is 3.91. The Bertz CT molecular complexity index is 1560. The number of rotatable bonds is 6. The Morgan fingerprint density at radius 3 is 2.46 bits per heavy atom. The molecule has 0 saturated carbocycles. The molecule has 1 amide bonds. The molecule has 4 rings (SSSR count). The molecule has 1 unspecified atom stereocenters. The number of nitrogens with two attached hydrogens (primary N) is 1. The molecule has 0 bridgehead atoms. The molecule has 1 fully saturated rings. The van der Waals surface area contributed by atoms with E-state index in [9.17, 15) is 31.5 Å². The van der Waals surface area contributed by atoms with Crippen LogP contribution in [0.2, 0.25) is 10.0 Å². The molecule has 2 heterocycles. The summed E-state index contributed by atoms with van der Waals surface area (Å²) in [6.07, 6.45) is -4.80. The fraction of sp³-hybridized carbons (Fsp3) is 0.227. The number of amidine groups is 1. The lowest BCUT2D eigenvalue weighted by Gasteiger charge is -2.18. The predicted molar refractivity (Wildman–Crippen MR) is 139 cm³/mol. The normalized spacial score (nSPS) is 15.8. The van der Waals surface area contributed by atoms with E-state index in [1.807, 2.05) is 0 Å². The smallest absolute Gasteiger partial charge is 0.490 e. The van der Waals surface area contributed by atoms with Crippen molar-refractivity contribution in [3.63, 3.8) is 0 Å². The minimum atomic E-state index is -5.08. The van der Waals surface area contributed by atoms with E-state index in [0.717, 1.165) is 11.3 Å². The van der Waals surface area contributed by atoms with Gasteiger partial charge in [-0.05, 0) is 42.8 Å². The van der Waals surface area contributed by atoms with Crippen molar-refractivity contribution in [1.82, 2.24) is 9.62 Å². The van der Waals surface area contributed by atoms with E-state index in [-0.39, 0.29) is 28.8 Å². The van der Waals surface area contributed by atoms with E-state index in [0.29, 0.717) is 37.8 Å². The van der Waals surface area contributed by atoms with Crippen molar-refractivity contribution in [1.29, 1.82) is 5.41 Å². The molecular weight excluding hydrogens is 608 g/mol. The number of aliphatic carboxylic acids is 1. The van der Waals surface area contributed by atoms with Gasteiger partial charge in [0.05, 0.1) is 5.02 Å². The van der Waals surface area contributed by atoms with Crippen LogP contribution in [-0.4, -0.2) is 60.0 Å². The fourth-order valence-corrected chi connectivity index (χ4v) is 6.87. The highest BCUT2D eigenvalue weighted by Gasteiger charge is 2.38. The minimum absolute atomic E-state index is 0.0346. The van der Waals surface area contributed by atoms with Crippen molar-refractivity contribution >= 4 is 72.4 Å². The highest BCUT2D eigenvalue weighted by molar-refractivity contribution is 7.91. The molecule has 3 aromatic rings. The first-order valence-electron chi connectivity index (χ1n) is 10.7. The number of nitrogens with one attached hydrogen (secondary N) is 2. The second-order valence-electron chi connectivity index (χ2n) is 8.15. The van der Waals surface area contributed by atoms with Crippen LogP contribution in [0.1, 0.15) is 17.5 Å². The van der Waals surface area contributed by atoms with Crippen LogP contribution < -0.4 is 10.5 Å². The highest BCUT2D eigenvalue weighted by atomic mass is 35.5. The topological polar surface area (TPSA) is 174 Å². The van der Waals surface area contributed by atoms with Gasteiger partial charge in [-0.25, -0.2) is 13.2 Å². The number of hydrogen-bond donors (Lipinski definition) is 5. The lowest BCUT2D eigenvalue weighted by atomic mass is 10.1. The van der Waals surface area contributed by atoms with Crippen LogP contribution in [0.3, 0.4) is 0 Å². The Morgan fingerprint density at radius 2 is 1.87 bits per heavy atom. The second-order valence-corrected chi connectivity index (χ2v) is 12.0. The van der Waals surface area contributed by atoms with E-state index >= 15 is 0 Å². The number of sulfonamides is 1. The number of carboxylic acid groups (broad SMARTS) is 1. The summed E-state index contributed by atoms with van der Waals surface area (Å²) in [5.41, 5.74) is 6.33. The van der Waals surface area contributed by atoms with Gasteiger partial charge < -0.3 is 20.8 Å². The summed E-state index contributed by atoms with van der Waals surface area (Å²) < 4.78 is 60.7. The molecule has 10 nitrogen and oxygen atoms in total. The van der Waals surface area contributed by atoms with Crippen molar-refractivity contribution in [3.05, 3.63) is 57.6 Å². The number of phenolic OH excluding ortho intramolecular Hbond substituents is 1. The first kappa shape index (κ1) is 30.4. The number of fused-ring (bicyclic) bond motifs is 1. The van der Waals surface area contributed by atoms with Gasteiger partial charge in [0.1, 0.15) is 21.8 Å². The average molecular weight is 627 g/mol. The van der Waals surface area contributed by atoms with Crippen LogP contribution in [-0.2, 0) is 26.2 Å².